The van der Waals surface area contributed by atoms with E-state index in [0.29, 0.717) is 12.3 Å². The molecule has 0 heterocycles. The van der Waals surface area contributed by atoms with Gasteiger partial charge in [-0.3, -0.25) is 0 Å². The van der Waals surface area contributed by atoms with Crippen LogP contribution in [0.15, 0.2) is 12.2 Å². The largest absolute Gasteiger partial charge is 0.303 e. The molecule has 0 bridgehead atoms. The average Bonchev–Trinajstić information content (AvgIpc) is 2.34. The second-order valence-corrected chi connectivity index (χ2v) is 3.63. The molecular weight excluding hydrogens is 136 g/mol. The van der Waals surface area contributed by atoms with E-state index in [0.717, 1.165) is 19.1 Å². The number of hydrogen-bond donors (Lipinski definition) is 0. The summed E-state index contributed by atoms with van der Waals surface area (Å²) in [6.45, 7) is 4.37. The molecule has 1 rings (SSSR count). The third-order valence-corrected chi connectivity index (χ3v) is 2.70. The minimum atomic E-state index is 0.209. The standard InChI is InChI=1S/C10H16O/c1-3-10(6-7-11)5-4-9(2)8-10/h4-5,7,9H,3,6,8H2,1-2H3. The van der Waals surface area contributed by atoms with Gasteiger partial charge >= 0.3 is 0 Å². The van der Waals surface area contributed by atoms with Crippen LogP contribution in [0.25, 0.3) is 0 Å². The molecule has 0 aliphatic heterocycles. The molecule has 0 aromatic heterocycles. The first kappa shape index (κ1) is 8.51. The number of rotatable bonds is 3. The quantitative estimate of drug-likeness (QED) is 0.448. The lowest BCUT2D eigenvalue weighted by atomic mass is 9.80. The van der Waals surface area contributed by atoms with Gasteiger partial charge in [-0.15, -0.1) is 0 Å². The van der Waals surface area contributed by atoms with Crippen LogP contribution in [0, 0.1) is 11.3 Å². The lowest BCUT2D eigenvalue weighted by Crippen LogP contribution is -2.15. The Morgan fingerprint density at radius 3 is 2.82 bits per heavy atom. The normalized spacial score (nSPS) is 36.0. The molecule has 0 fully saturated rings. The van der Waals surface area contributed by atoms with Crippen molar-refractivity contribution >= 4 is 6.29 Å². The van der Waals surface area contributed by atoms with E-state index in [9.17, 15) is 4.79 Å². The van der Waals surface area contributed by atoms with Crippen LogP contribution in [0.4, 0.5) is 0 Å². The van der Waals surface area contributed by atoms with E-state index in [1.807, 2.05) is 0 Å². The van der Waals surface area contributed by atoms with E-state index in [1.165, 1.54) is 0 Å². The maximum Gasteiger partial charge on any atom is 0.120 e. The Labute approximate surface area is 68.5 Å². The van der Waals surface area contributed by atoms with Gasteiger partial charge in [-0.2, -0.15) is 0 Å². The summed E-state index contributed by atoms with van der Waals surface area (Å²) in [6, 6.07) is 0. The summed E-state index contributed by atoms with van der Waals surface area (Å²) in [7, 11) is 0. The Balaban J connectivity index is 2.63. The zero-order chi connectivity index (χ0) is 8.32. The van der Waals surface area contributed by atoms with E-state index in [-0.39, 0.29) is 5.41 Å². The molecule has 11 heavy (non-hydrogen) atoms. The van der Waals surface area contributed by atoms with Crippen molar-refractivity contribution in [2.45, 2.75) is 33.1 Å². The highest BCUT2D eigenvalue weighted by Crippen LogP contribution is 2.40. The van der Waals surface area contributed by atoms with Gasteiger partial charge in [0.25, 0.3) is 0 Å². The third kappa shape index (κ3) is 1.70. The molecule has 2 unspecified atom stereocenters. The van der Waals surface area contributed by atoms with Crippen LogP contribution in [-0.4, -0.2) is 6.29 Å². The lowest BCUT2D eigenvalue weighted by molar-refractivity contribution is -0.109. The van der Waals surface area contributed by atoms with Crippen LogP contribution < -0.4 is 0 Å². The fourth-order valence-electron chi connectivity index (χ4n) is 1.87. The summed E-state index contributed by atoms with van der Waals surface area (Å²) >= 11 is 0. The molecule has 0 radical (unpaired) electrons. The van der Waals surface area contributed by atoms with Crippen molar-refractivity contribution in [3.63, 3.8) is 0 Å². The zero-order valence-corrected chi connectivity index (χ0v) is 7.34. The van der Waals surface area contributed by atoms with Crippen molar-refractivity contribution in [2.75, 3.05) is 0 Å². The molecule has 62 valence electrons. The first-order chi connectivity index (χ1) is 5.22. The molecule has 0 aromatic carbocycles. The lowest BCUT2D eigenvalue weighted by Gasteiger charge is -2.23. The number of carbonyl (C=O) groups is 1. The van der Waals surface area contributed by atoms with Gasteiger partial charge in [-0.05, 0) is 24.2 Å². The molecule has 0 N–H and O–H groups in total. The fourth-order valence-corrected chi connectivity index (χ4v) is 1.87. The van der Waals surface area contributed by atoms with Crippen LogP contribution in [0.1, 0.15) is 33.1 Å². The topological polar surface area (TPSA) is 17.1 Å². The van der Waals surface area contributed by atoms with Crippen LogP contribution in [0.2, 0.25) is 0 Å². The molecule has 1 nitrogen and oxygen atoms in total. The van der Waals surface area contributed by atoms with Gasteiger partial charge in [0.1, 0.15) is 6.29 Å². The molecule has 1 aliphatic rings. The smallest absolute Gasteiger partial charge is 0.120 e. The molecular formula is C10H16O. The van der Waals surface area contributed by atoms with E-state index in [4.69, 9.17) is 0 Å². The van der Waals surface area contributed by atoms with E-state index >= 15 is 0 Å². The maximum absolute atomic E-state index is 10.4. The highest BCUT2D eigenvalue weighted by Gasteiger charge is 2.30. The predicted octanol–water partition coefficient (Wildman–Crippen LogP) is 2.57. The minimum Gasteiger partial charge on any atom is -0.303 e. The Hall–Kier alpha value is -0.590. The Morgan fingerprint density at radius 1 is 1.73 bits per heavy atom. The van der Waals surface area contributed by atoms with Gasteiger partial charge in [-0.25, -0.2) is 0 Å². The third-order valence-electron chi connectivity index (χ3n) is 2.70. The first-order valence-electron chi connectivity index (χ1n) is 4.35. The second kappa shape index (κ2) is 3.21. The van der Waals surface area contributed by atoms with Crippen molar-refractivity contribution < 1.29 is 4.79 Å². The van der Waals surface area contributed by atoms with Gasteiger partial charge < -0.3 is 4.79 Å². The van der Waals surface area contributed by atoms with Gasteiger partial charge in [0.2, 0.25) is 0 Å². The molecule has 0 saturated carbocycles. The zero-order valence-electron chi connectivity index (χ0n) is 7.34. The molecule has 2 atom stereocenters. The highest BCUT2D eigenvalue weighted by molar-refractivity contribution is 5.52. The van der Waals surface area contributed by atoms with Gasteiger partial charge in [0.15, 0.2) is 0 Å². The van der Waals surface area contributed by atoms with Crippen LogP contribution in [0.3, 0.4) is 0 Å². The van der Waals surface area contributed by atoms with Crippen molar-refractivity contribution in [3.05, 3.63) is 12.2 Å². The van der Waals surface area contributed by atoms with E-state index < -0.39 is 0 Å². The summed E-state index contributed by atoms with van der Waals surface area (Å²) in [5.41, 5.74) is 0.209. The molecule has 0 spiro atoms. The SMILES string of the molecule is CCC1(CC=O)C=CC(C)C1. The molecule has 0 amide bonds. The molecule has 1 aliphatic carbocycles. The van der Waals surface area contributed by atoms with Gasteiger partial charge in [-0.1, -0.05) is 26.0 Å². The van der Waals surface area contributed by atoms with Crippen molar-refractivity contribution in [1.29, 1.82) is 0 Å². The minimum absolute atomic E-state index is 0.209. The van der Waals surface area contributed by atoms with Crippen LogP contribution in [-0.2, 0) is 4.79 Å². The van der Waals surface area contributed by atoms with Crippen molar-refractivity contribution in [3.8, 4) is 0 Å². The van der Waals surface area contributed by atoms with Crippen molar-refractivity contribution in [1.82, 2.24) is 0 Å². The van der Waals surface area contributed by atoms with Gasteiger partial charge in [0, 0.05) is 6.42 Å². The molecule has 1 heteroatoms. The Bertz CT molecular complexity index is 172. The first-order valence-corrected chi connectivity index (χ1v) is 4.35. The molecule has 0 aromatic rings. The number of aldehydes is 1. The summed E-state index contributed by atoms with van der Waals surface area (Å²) in [5, 5.41) is 0. The maximum atomic E-state index is 10.4. The monoisotopic (exact) mass is 152 g/mol. The Kier molecular flexibility index (Phi) is 2.48. The summed E-state index contributed by atoms with van der Waals surface area (Å²) in [4.78, 5) is 10.4. The fraction of sp³-hybridized carbons (Fsp3) is 0.700. The van der Waals surface area contributed by atoms with Crippen LogP contribution in [0.5, 0.6) is 0 Å². The predicted molar refractivity (Wildman–Crippen MR) is 46.3 cm³/mol. The van der Waals surface area contributed by atoms with E-state index in [1.54, 1.807) is 0 Å². The van der Waals surface area contributed by atoms with E-state index in [2.05, 4.69) is 26.0 Å². The Morgan fingerprint density at radius 2 is 2.45 bits per heavy atom. The average molecular weight is 152 g/mol. The number of hydrogen-bond acceptors (Lipinski definition) is 1. The number of allylic oxidation sites excluding steroid dienone is 2. The van der Waals surface area contributed by atoms with Gasteiger partial charge in [0.05, 0.1) is 0 Å². The second-order valence-electron chi connectivity index (χ2n) is 3.63. The van der Waals surface area contributed by atoms with Crippen LogP contribution >= 0.6 is 0 Å². The summed E-state index contributed by atoms with van der Waals surface area (Å²) in [5.74, 6) is 0.662. The summed E-state index contributed by atoms with van der Waals surface area (Å²) < 4.78 is 0. The molecule has 0 saturated heterocycles. The summed E-state index contributed by atoms with van der Waals surface area (Å²) in [6.07, 6.45) is 8.45. The number of carbonyl (C=O) groups excluding carboxylic acids is 1. The van der Waals surface area contributed by atoms with Crippen molar-refractivity contribution in [2.24, 2.45) is 11.3 Å². The highest BCUT2D eigenvalue weighted by atomic mass is 16.1.